The molecule has 0 aliphatic carbocycles. The van der Waals surface area contributed by atoms with Crippen LogP contribution in [-0.4, -0.2) is 0 Å². The highest BCUT2D eigenvalue weighted by Crippen LogP contribution is 1.88. The van der Waals surface area contributed by atoms with Crippen molar-refractivity contribution in [2.24, 2.45) is 10.4 Å². The summed E-state index contributed by atoms with van der Waals surface area (Å²) in [5, 5.41) is 6.65. The van der Waals surface area contributed by atoms with Crippen LogP contribution in [0.15, 0.2) is 35.0 Å². The molecule has 0 spiro atoms. The summed E-state index contributed by atoms with van der Waals surface area (Å²) < 4.78 is 0. The Morgan fingerprint density at radius 3 is 3.00 bits per heavy atom. The van der Waals surface area contributed by atoms with E-state index in [1.165, 1.54) is 6.26 Å². The number of allylic oxidation sites excluding steroid dienone is 2. The number of nitrogens with zero attached hydrogens (tertiary/aromatic N) is 2. The molecule has 0 bridgehead atoms. The van der Waals surface area contributed by atoms with Crippen molar-refractivity contribution in [3.05, 3.63) is 24.6 Å². The molecule has 1 aliphatic heterocycles. The molecular weight excluding hydrogens is 128 g/mol. The van der Waals surface area contributed by atoms with Crippen LogP contribution in [0.1, 0.15) is 0 Å². The lowest BCUT2D eigenvalue weighted by Crippen LogP contribution is -1.56. The maximum absolute atomic E-state index is 4.41. The van der Waals surface area contributed by atoms with E-state index in [9.17, 15) is 0 Å². The molecule has 44 valence electrons. The number of halogens is 1. The fourth-order valence-electron chi connectivity index (χ4n) is 0.250. The first kappa shape index (κ1) is 7.17. The van der Waals surface area contributed by atoms with Gasteiger partial charge < -0.3 is 4.84 Å². The van der Waals surface area contributed by atoms with E-state index >= 15 is 0 Å². The molecule has 0 unspecified atom stereocenters. The summed E-state index contributed by atoms with van der Waals surface area (Å²) >= 11 is 0. The molecule has 4 heteroatoms. The summed E-state index contributed by atoms with van der Waals surface area (Å²) in [5.41, 5.74) is 0. The van der Waals surface area contributed by atoms with Crippen molar-refractivity contribution in [1.82, 2.24) is 0 Å². The van der Waals surface area contributed by atoms with Crippen LogP contribution < -0.4 is 0 Å². The van der Waals surface area contributed by atoms with E-state index in [1.807, 2.05) is 0 Å². The van der Waals surface area contributed by atoms with E-state index in [2.05, 4.69) is 15.2 Å². The summed E-state index contributed by atoms with van der Waals surface area (Å²) in [6, 6.07) is 0. The van der Waals surface area contributed by atoms with Crippen molar-refractivity contribution in [3.8, 4) is 0 Å². The first-order valence-corrected chi connectivity index (χ1v) is 1.88. The molecule has 0 aromatic rings. The lowest BCUT2D eigenvalue weighted by molar-refractivity contribution is 0.243. The SMILES string of the molecule is C1=CN=NOC=C1.Cl. The van der Waals surface area contributed by atoms with Gasteiger partial charge >= 0.3 is 0 Å². The Labute approximate surface area is 53.1 Å². The minimum atomic E-state index is 0. The molecule has 0 fully saturated rings. The molecule has 0 atom stereocenters. The number of hydrogen-bond acceptors (Lipinski definition) is 3. The molecule has 0 radical (unpaired) electrons. The third-order valence-electron chi connectivity index (χ3n) is 0.498. The van der Waals surface area contributed by atoms with Gasteiger partial charge in [-0.05, 0) is 12.2 Å². The Kier molecular flexibility index (Phi) is 3.88. The molecule has 0 aromatic carbocycles. The Balaban J connectivity index is 0.000000490. The quantitative estimate of drug-likeness (QED) is 0.495. The molecule has 0 aromatic heterocycles. The van der Waals surface area contributed by atoms with Gasteiger partial charge in [-0.15, -0.1) is 17.5 Å². The molecule has 3 nitrogen and oxygen atoms in total. The minimum absolute atomic E-state index is 0. The van der Waals surface area contributed by atoms with Crippen LogP contribution >= 0.6 is 12.4 Å². The zero-order valence-electron chi connectivity index (χ0n) is 4.02. The summed E-state index contributed by atoms with van der Waals surface area (Å²) in [6.07, 6.45) is 6.44. The van der Waals surface area contributed by atoms with Crippen LogP contribution in [0.3, 0.4) is 0 Å². The molecule has 0 amide bonds. The predicted molar refractivity (Wildman–Crippen MR) is 31.5 cm³/mol. The van der Waals surface area contributed by atoms with Crippen molar-refractivity contribution in [1.29, 1.82) is 0 Å². The average Bonchev–Trinajstić information content (AvgIpc) is 1.90. The van der Waals surface area contributed by atoms with Gasteiger partial charge in [0.2, 0.25) is 0 Å². The van der Waals surface area contributed by atoms with Gasteiger partial charge in [0.1, 0.15) is 6.26 Å². The topological polar surface area (TPSA) is 34.0 Å². The van der Waals surface area contributed by atoms with Gasteiger partial charge in [0.15, 0.2) is 0 Å². The summed E-state index contributed by atoms with van der Waals surface area (Å²) in [7, 11) is 0. The van der Waals surface area contributed by atoms with Gasteiger partial charge in [0, 0.05) is 5.28 Å². The zero-order chi connectivity index (χ0) is 4.95. The average molecular weight is 133 g/mol. The minimum Gasteiger partial charge on any atom is -0.347 e. The van der Waals surface area contributed by atoms with E-state index < -0.39 is 0 Å². The Morgan fingerprint density at radius 2 is 2.12 bits per heavy atom. The smallest absolute Gasteiger partial charge is 0.124 e. The van der Waals surface area contributed by atoms with E-state index in [0.717, 1.165) is 0 Å². The highest BCUT2D eigenvalue weighted by Gasteiger charge is 1.71. The predicted octanol–water partition coefficient (Wildman–Crippen LogP) is 1.83. The molecular formula is C4H5ClN2O. The van der Waals surface area contributed by atoms with Crippen LogP contribution in [-0.2, 0) is 4.84 Å². The maximum Gasteiger partial charge on any atom is 0.124 e. The first-order chi connectivity index (χ1) is 3.50. The van der Waals surface area contributed by atoms with Crippen molar-refractivity contribution in [2.75, 3.05) is 0 Å². The lowest BCUT2D eigenvalue weighted by atomic mass is 10.6. The lowest BCUT2D eigenvalue weighted by Gasteiger charge is -1.75. The van der Waals surface area contributed by atoms with E-state index in [4.69, 9.17) is 0 Å². The third-order valence-corrected chi connectivity index (χ3v) is 0.498. The third kappa shape index (κ3) is 2.36. The van der Waals surface area contributed by atoms with Crippen molar-refractivity contribution < 1.29 is 4.84 Å². The first-order valence-electron chi connectivity index (χ1n) is 1.88. The Morgan fingerprint density at radius 1 is 1.25 bits per heavy atom. The molecule has 1 aliphatic rings. The molecule has 1 rings (SSSR count). The second kappa shape index (κ2) is 4.33. The van der Waals surface area contributed by atoms with Crippen LogP contribution in [0.5, 0.6) is 0 Å². The van der Waals surface area contributed by atoms with Gasteiger partial charge in [0.05, 0.1) is 6.20 Å². The fraction of sp³-hybridized carbons (Fsp3) is 0. The van der Waals surface area contributed by atoms with Gasteiger partial charge in [-0.2, -0.15) is 0 Å². The van der Waals surface area contributed by atoms with E-state index in [-0.39, 0.29) is 12.4 Å². The molecule has 0 N–H and O–H groups in total. The maximum atomic E-state index is 4.41. The molecule has 8 heavy (non-hydrogen) atoms. The Bertz CT molecular complexity index is 116. The van der Waals surface area contributed by atoms with Crippen molar-refractivity contribution in [2.45, 2.75) is 0 Å². The summed E-state index contributed by atoms with van der Waals surface area (Å²) in [6.45, 7) is 0. The second-order valence-electron chi connectivity index (χ2n) is 0.973. The van der Waals surface area contributed by atoms with Gasteiger partial charge in [0.25, 0.3) is 0 Å². The van der Waals surface area contributed by atoms with E-state index in [1.54, 1.807) is 18.4 Å². The van der Waals surface area contributed by atoms with Gasteiger partial charge in [-0.25, -0.2) is 0 Å². The van der Waals surface area contributed by atoms with Crippen LogP contribution in [0, 0.1) is 0 Å². The van der Waals surface area contributed by atoms with Crippen molar-refractivity contribution >= 4 is 12.4 Å². The van der Waals surface area contributed by atoms with Crippen LogP contribution in [0.2, 0.25) is 0 Å². The van der Waals surface area contributed by atoms with E-state index in [0.29, 0.717) is 0 Å². The standard InChI is InChI=1S/C4H4N2O.ClH/c1-2-4-7-6-5-3-1;/h1-4H;1H. The van der Waals surface area contributed by atoms with Gasteiger partial charge in [-0.3, -0.25) is 0 Å². The van der Waals surface area contributed by atoms with Crippen LogP contribution in [0.4, 0.5) is 0 Å². The summed E-state index contributed by atoms with van der Waals surface area (Å²) in [5.74, 6) is 0. The fourth-order valence-corrected chi connectivity index (χ4v) is 0.250. The largest absolute Gasteiger partial charge is 0.347 e. The summed E-state index contributed by atoms with van der Waals surface area (Å²) in [4.78, 5) is 4.41. The molecule has 0 saturated heterocycles. The second-order valence-corrected chi connectivity index (χ2v) is 0.973. The Hall–Kier alpha value is -0.830. The highest BCUT2D eigenvalue weighted by molar-refractivity contribution is 5.85. The van der Waals surface area contributed by atoms with Gasteiger partial charge in [-0.1, -0.05) is 0 Å². The number of rotatable bonds is 0. The normalized spacial score (nSPS) is 14.0. The number of hydrogen-bond donors (Lipinski definition) is 0. The monoisotopic (exact) mass is 132 g/mol. The zero-order valence-corrected chi connectivity index (χ0v) is 4.84. The highest BCUT2D eigenvalue weighted by atomic mass is 35.5. The molecule has 1 heterocycles. The molecule has 0 saturated carbocycles. The van der Waals surface area contributed by atoms with Crippen LogP contribution in [0.25, 0.3) is 0 Å². The van der Waals surface area contributed by atoms with Crippen molar-refractivity contribution in [3.63, 3.8) is 0 Å².